The van der Waals surface area contributed by atoms with Gasteiger partial charge in [0.05, 0.1) is 35.1 Å². The Morgan fingerprint density at radius 3 is 2.58 bits per heavy atom. The summed E-state index contributed by atoms with van der Waals surface area (Å²) in [5.41, 5.74) is 1.10. The molecular weight excluding hydrogens is 338 g/mol. The van der Waals surface area contributed by atoms with Crippen LogP contribution in [-0.2, 0) is 4.79 Å². The second-order valence-electron chi connectivity index (χ2n) is 5.54. The van der Waals surface area contributed by atoms with Crippen LogP contribution < -0.4 is 9.75 Å². The largest absolute Gasteiger partial charge is 0.504 e. The van der Waals surface area contributed by atoms with E-state index in [1.165, 1.54) is 24.3 Å². The van der Waals surface area contributed by atoms with E-state index in [0.717, 1.165) is 6.07 Å². The van der Waals surface area contributed by atoms with Gasteiger partial charge in [-0.2, -0.15) is 10.1 Å². The number of para-hydroxylation sites is 1. The van der Waals surface area contributed by atoms with E-state index in [2.05, 4.69) is 5.10 Å². The van der Waals surface area contributed by atoms with Gasteiger partial charge >= 0.3 is 0 Å². The Balaban J connectivity index is 2.06. The maximum atomic E-state index is 12.7. The van der Waals surface area contributed by atoms with Crippen molar-refractivity contribution in [2.24, 2.45) is 5.10 Å². The lowest BCUT2D eigenvalue weighted by Gasteiger charge is -2.11. The fourth-order valence-corrected chi connectivity index (χ4v) is 2.57. The first kappa shape index (κ1) is 17.2. The molecule has 8 heteroatoms. The number of nitro benzene ring substituents is 1. The van der Waals surface area contributed by atoms with Crippen molar-refractivity contribution >= 4 is 29.1 Å². The summed E-state index contributed by atoms with van der Waals surface area (Å²) >= 11 is 0. The van der Waals surface area contributed by atoms with Crippen molar-refractivity contribution in [3.8, 4) is 11.5 Å². The normalized spacial score (nSPS) is 15.3. The van der Waals surface area contributed by atoms with E-state index in [4.69, 9.17) is 4.74 Å². The molecule has 1 aliphatic heterocycles. The Hall–Kier alpha value is -3.68. The molecule has 2 aromatic carbocycles. The van der Waals surface area contributed by atoms with Crippen LogP contribution in [0.15, 0.2) is 53.1 Å². The fourth-order valence-electron chi connectivity index (χ4n) is 2.57. The second kappa shape index (κ2) is 6.67. The second-order valence-corrected chi connectivity index (χ2v) is 5.54. The van der Waals surface area contributed by atoms with Gasteiger partial charge in [0, 0.05) is 11.6 Å². The minimum atomic E-state index is -0.600. The van der Waals surface area contributed by atoms with E-state index in [1.54, 1.807) is 31.2 Å². The average molecular weight is 353 g/mol. The average Bonchev–Trinajstić information content (AvgIpc) is 2.92. The molecule has 0 spiro atoms. The highest BCUT2D eigenvalue weighted by molar-refractivity contribution is 6.32. The number of hydrogen-bond acceptors (Lipinski definition) is 6. The lowest BCUT2D eigenvalue weighted by Crippen LogP contribution is -2.21. The van der Waals surface area contributed by atoms with Gasteiger partial charge < -0.3 is 9.84 Å². The molecule has 0 atom stereocenters. The number of aromatic hydroxyl groups is 1. The van der Waals surface area contributed by atoms with Gasteiger partial charge in [-0.15, -0.1) is 0 Å². The van der Waals surface area contributed by atoms with E-state index in [9.17, 15) is 20.0 Å². The van der Waals surface area contributed by atoms with Crippen molar-refractivity contribution < 1.29 is 19.6 Å². The molecule has 2 aromatic rings. The highest BCUT2D eigenvalue weighted by Crippen LogP contribution is 2.36. The minimum Gasteiger partial charge on any atom is -0.504 e. The summed E-state index contributed by atoms with van der Waals surface area (Å²) in [7, 11) is 1.29. The molecule has 8 nitrogen and oxygen atoms in total. The quantitative estimate of drug-likeness (QED) is 0.516. The molecule has 132 valence electrons. The van der Waals surface area contributed by atoms with E-state index in [1.807, 2.05) is 6.07 Å². The van der Waals surface area contributed by atoms with Crippen LogP contribution in [0.3, 0.4) is 0 Å². The molecule has 0 saturated carbocycles. The van der Waals surface area contributed by atoms with Gasteiger partial charge in [-0.1, -0.05) is 18.2 Å². The molecule has 0 unspecified atom stereocenters. The highest BCUT2D eigenvalue weighted by Gasteiger charge is 2.29. The third-order valence-corrected chi connectivity index (χ3v) is 3.88. The van der Waals surface area contributed by atoms with Gasteiger partial charge in [0.2, 0.25) is 0 Å². The number of ether oxygens (including phenoxy) is 1. The number of hydrogen-bond donors (Lipinski definition) is 1. The van der Waals surface area contributed by atoms with Gasteiger partial charge in [-0.25, -0.2) is 0 Å². The van der Waals surface area contributed by atoms with Gasteiger partial charge in [-0.05, 0) is 25.1 Å². The van der Waals surface area contributed by atoms with Crippen LogP contribution in [0, 0.1) is 10.1 Å². The lowest BCUT2D eigenvalue weighted by atomic mass is 10.1. The molecule has 1 N–H and O–H groups in total. The van der Waals surface area contributed by atoms with Gasteiger partial charge in [0.15, 0.2) is 11.5 Å². The Bertz CT molecular complexity index is 951. The number of carbonyl (C=O) groups excluding carboxylic acids is 1. The molecule has 1 aliphatic rings. The van der Waals surface area contributed by atoms with Crippen molar-refractivity contribution in [2.45, 2.75) is 6.92 Å². The molecule has 3 rings (SSSR count). The van der Waals surface area contributed by atoms with E-state index >= 15 is 0 Å². The summed E-state index contributed by atoms with van der Waals surface area (Å²) < 4.78 is 4.98. The fraction of sp³-hybridized carbons (Fsp3) is 0.111. The zero-order valence-electron chi connectivity index (χ0n) is 14.0. The number of methoxy groups -OCH3 is 1. The number of nitrogens with zero attached hydrogens (tertiary/aromatic N) is 3. The van der Waals surface area contributed by atoms with Gasteiger partial charge in [0.25, 0.3) is 11.6 Å². The van der Waals surface area contributed by atoms with Crippen LogP contribution >= 0.6 is 0 Å². The number of phenolic OH excluding ortho intramolecular Hbond substituents is 1. The Morgan fingerprint density at radius 2 is 1.96 bits per heavy atom. The highest BCUT2D eigenvalue weighted by atomic mass is 16.6. The van der Waals surface area contributed by atoms with Crippen LogP contribution in [0.25, 0.3) is 6.08 Å². The number of phenols is 1. The number of rotatable bonds is 4. The van der Waals surface area contributed by atoms with E-state index in [0.29, 0.717) is 11.4 Å². The van der Waals surface area contributed by atoms with Crippen LogP contribution in [0.5, 0.6) is 11.5 Å². The number of anilines is 1. The molecular formula is C18H15N3O5. The molecule has 0 aliphatic carbocycles. The van der Waals surface area contributed by atoms with E-state index in [-0.39, 0.29) is 28.3 Å². The SMILES string of the molecule is COc1cc([N+](=O)[O-])cc(/C=C2\C(=O)N(c3ccccc3)N=C2C)c1O. The van der Waals surface area contributed by atoms with Crippen molar-refractivity contribution in [1.82, 2.24) is 0 Å². The maximum Gasteiger partial charge on any atom is 0.280 e. The standard InChI is InChI=1S/C18H15N3O5/c1-11-15(18(23)20(19-11)13-6-4-3-5-7-13)9-12-8-14(21(24)25)10-16(26-2)17(12)22/h3-10,22H,1-2H3/b15-9-. The molecule has 0 radical (unpaired) electrons. The molecule has 0 saturated heterocycles. The number of benzene rings is 2. The summed E-state index contributed by atoms with van der Waals surface area (Å²) in [5, 5.41) is 26.8. The first-order valence-electron chi connectivity index (χ1n) is 7.64. The molecule has 0 fully saturated rings. The predicted molar refractivity (Wildman–Crippen MR) is 96.3 cm³/mol. The topological polar surface area (TPSA) is 105 Å². The number of hydrazone groups is 1. The van der Waals surface area contributed by atoms with Gasteiger partial charge in [-0.3, -0.25) is 14.9 Å². The first-order valence-corrected chi connectivity index (χ1v) is 7.64. The predicted octanol–water partition coefficient (Wildman–Crippen LogP) is 3.12. The summed E-state index contributed by atoms with van der Waals surface area (Å²) in [5.74, 6) is -0.728. The van der Waals surface area contributed by atoms with Crippen molar-refractivity contribution in [1.29, 1.82) is 0 Å². The van der Waals surface area contributed by atoms with Crippen LogP contribution in [0.2, 0.25) is 0 Å². The minimum absolute atomic E-state index is 0.0500. The summed E-state index contributed by atoms with van der Waals surface area (Å²) in [6, 6.07) is 11.2. The molecule has 1 heterocycles. The number of non-ortho nitro benzene ring substituents is 1. The van der Waals surface area contributed by atoms with Crippen molar-refractivity contribution in [2.75, 3.05) is 12.1 Å². The van der Waals surface area contributed by atoms with Crippen LogP contribution in [0.1, 0.15) is 12.5 Å². The summed E-state index contributed by atoms with van der Waals surface area (Å²) in [4.78, 5) is 23.2. The Kier molecular flexibility index (Phi) is 4.40. The third kappa shape index (κ3) is 3.00. The number of carbonyl (C=O) groups is 1. The van der Waals surface area contributed by atoms with Crippen LogP contribution in [-0.4, -0.2) is 28.8 Å². The molecule has 0 aromatic heterocycles. The summed E-state index contributed by atoms with van der Waals surface area (Å²) in [6.45, 7) is 1.65. The third-order valence-electron chi connectivity index (χ3n) is 3.88. The van der Waals surface area contributed by atoms with Crippen molar-refractivity contribution in [3.05, 3.63) is 63.7 Å². The monoisotopic (exact) mass is 353 g/mol. The number of nitro groups is 1. The van der Waals surface area contributed by atoms with Crippen LogP contribution in [0.4, 0.5) is 11.4 Å². The zero-order valence-corrected chi connectivity index (χ0v) is 14.0. The van der Waals surface area contributed by atoms with E-state index < -0.39 is 10.8 Å². The number of amides is 1. The van der Waals surface area contributed by atoms with Gasteiger partial charge in [0.1, 0.15) is 0 Å². The summed E-state index contributed by atoms with van der Waals surface area (Å²) in [6.07, 6.45) is 1.37. The first-order chi connectivity index (χ1) is 12.4. The molecule has 1 amide bonds. The smallest absolute Gasteiger partial charge is 0.280 e. The Labute approximate surface area is 148 Å². The van der Waals surface area contributed by atoms with Crippen molar-refractivity contribution in [3.63, 3.8) is 0 Å². The zero-order chi connectivity index (χ0) is 18.8. The maximum absolute atomic E-state index is 12.7. The molecule has 26 heavy (non-hydrogen) atoms. The Morgan fingerprint density at radius 1 is 1.27 bits per heavy atom. The molecule has 0 bridgehead atoms. The lowest BCUT2D eigenvalue weighted by molar-refractivity contribution is -0.385.